The van der Waals surface area contributed by atoms with Crippen LogP contribution >= 0.6 is 11.3 Å². The Morgan fingerprint density at radius 3 is 2.79 bits per heavy atom. The predicted molar refractivity (Wildman–Crippen MR) is 115 cm³/mol. The molecule has 0 radical (unpaired) electrons. The molecule has 6 heteroatoms. The van der Waals surface area contributed by atoms with E-state index in [2.05, 4.69) is 40.6 Å². The number of anilines is 1. The van der Waals surface area contributed by atoms with Crippen molar-refractivity contribution in [2.24, 2.45) is 0 Å². The highest BCUT2D eigenvalue weighted by Crippen LogP contribution is 2.36. The van der Waals surface area contributed by atoms with Crippen LogP contribution in [0.3, 0.4) is 0 Å². The Hall–Kier alpha value is -3.82. The van der Waals surface area contributed by atoms with Gasteiger partial charge in [-0.2, -0.15) is 5.26 Å². The molecule has 2 heterocycles. The molecule has 0 atom stereocenters. The molecule has 1 aliphatic rings. The number of hydrogen-bond donors (Lipinski definition) is 1. The highest BCUT2D eigenvalue weighted by Gasteiger charge is 2.16. The number of nitrogens with zero attached hydrogens (tertiary/aromatic N) is 2. The Kier molecular flexibility index (Phi) is 4.35. The van der Waals surface area contributed by atoms with Crippen molar-refractivity contribution in [3.05, 3.63) is 77.3 Å². The van der Waals surface area contributed by atoms with Crippen molar-refractivity contribution in [2.75, 3.05) is 12.1 Å². The summed E-state index contributed by atoms with van der Waals surface area (Å²) in [6, 6.07) is 22.2. The number of rotatable bonds is 4. The lowest BCUT2D eigenvalue weighted by Gasteiger charge is -2.04. The Bertz CT molecular complexity index is 1290. The molecule has 0 saturated heterocycles. The molecule has 5 nitrogen and oxygen atoms in total. The van der Waals surface area contributed by atoms with Crippen molar-refractivity contribution in [2.45, 2.75) is 0 Å². The Morgan fingerprint density at radius 2 is 1.90 bits per heavy atom. The lowest BCUT2D eigenvalue weighted by Crippen LogP contribution is -1.92. The molecule has 1 N–H and O–H groups in total. The lowest BCUT2D eigenvalue weighted by molar-refractivity contribution is 0.174. The first-order valence-corrected chi connectivity index (χ1v) is 9.90. The summed E-state index contributed by atoms with van der Waals surface area (Å²) in [5.41, 5.74) is 3.13. The van der Waals surface area contributed by atoms with E-state index in [0.29, 0.717) is 16.3 Å². The molecule has 1 aromatic heterocycles. The first-order chi connectivity index (χ1) is 14.3. The van der Waals surface area contributed by atoms with Crippen LogP contribution in [-0.4, -0.2) is 11.8 Å². The number of aromatic nitrogens is 1. The number of fused-ring (bicyclic) bond motifs is 2. The molecule has 0 unspecified atom stereocenters. The minimum Gasteiger partial charge on any atom is -0.454 e. The van der Waals surface area contributed by atoms with E-state index in [1.165, 1.54) is 16.7 Å². The molecule has 140 valence electrons. The van der Waals surface area contributed by atoms with Crippen molar-refractivity contribution >= 4 is 33.4 Å². The summed E-state index contributed by atoms with van der Waals surface area (Å²) >= 11 is 1.43. The maximum atomic E-state index is 9.61. The fourth-order valence-electron chi connectivity index (χ4n) is 3.16. The number of ether oxygens (including phenoxy) is 2. The van der Waals surface area contributed by atoms with Crippen LogP contribution in [0.4, 0.5) is 5.69 Å². The van der Waals surface area contributed by atoms with Crippen LogP contribution in [0.15, 0.2) is 72.2 Å². The van der Waals surface area contributed by atoms with E-state index < -0.39 is 0 Å². The monoisotopic (exact) mass is 397 g/mol. The summed E-state index contributed by atoms with van der Waals surface area (Å²) in [4.78, 5) is 4.63. The second-order valence-electron chi connectivity index (χ2n) is 6.48. The van der Waals surface area contributed by atoms with E-state index in [-0.39, 0.29) is 6.79 Å². The molecule has 5 rings (SSSR count). The average Bonchev–Trinajstić information content (AvgIpc) is 3.43. The minimum absolute atomic E-state index is 0.239. The van der Waals surface area contributed by atoms with Gasteiger partial charge in [-0.1, -0.05) is 30.3 Å². The van der Waals surface area contributed by atoms with Crippen LogP contribution in [-0.2, 0) is 0 Å². The van der Waals surface area contributed by atoms with Gasteiger partial charge in [-0.25, -0.2) is 4.98 Å². The molecule has 0 saturated carbocycles. The van der Waals surface area contributed by atoms with Crippen LogP contribution in [0.25, 0.3) is 27.6 Å². The van der Waals surface area contributed by atoms with Gasteiger partial charge in [-0.05, 0) is 41.1 Å². The lowest BCUT2D eigenvalue weighted by atomic mass is 10.1. The molecule has 1 aliphatic heterocycles. The summed E-state index contributed by atoms with van der Waals surface area (Å²) in [5.74, 6) is 1.45. The van der Waals surface area contributed by atoms with Crippen molar-refractivity contribution in [3.63, 3.8) is 0 Å². The van der Waals surface area contributed by atoms with Gasteiger partial charge < -0.3 is 14.8 Å². The van der Waals surface area contributed by atoms with Gasteiger partial charge in [0.1, 0.15) is 16.6 Å². The number of thiazole rings is 1. The van der Waals surface area contributed by atoms with Crippen LogP contribution in [0, 0.1) is 11.3 Å². The molecule has 0 aliphatic carbocycles. The van der Waals surface area contributed by atoms with E-state index in [9.17, 15) is 5.26 Å². The van der Waals surface area contributed by atoms with Gasteiger partial charge in [-0.15, -0.1) is 11.3 Å². The van der Waals surface area contributed by atoms with Crippen LogP contribution in [0.5, 0.6) is 11.5 Å². The average molecular weight is 397 g/mol. The molecule has 0 fully saturated rings. The van der Waals surface area contributed by atoms with Crippen molar-refractivity contribution in [1.82, 2.24) is 4.98 Å². The first kappa shape index (κ1) is 17.3. The maximum absolute atomic E-state index is 9.61. The van der Waals surface area contributed by atoms with E-state index >= 15 is 0 Å². The zero-order valence-corrected chi connectivity index (χ0v) is 16.1. The fourth-order valence-corrected chi connectivity index (χ4v) is 3.96. The molecule has 3 aromatic carbocycles. The Balaban J connectivity index is 1.39. The standard InChI is InChI=1S/C23H15N3O2S/c24-11-18(12-25-19-7-5-15-3-1-2-4-16(15)9-19)23-26-20(13-29-23)17-6-8-21-22(10-17)28-14-27-21/h1-10,12-13,25H,14H2. The summed E-state index contributed by atoms with van der Waals surface area (Å²) in [7, 11) is 0. The van der Waals surface area contributed by atoms with Gasteiger partial charge in [0.25, 0.3) is 0 Å². The second kappa shape index (κ2) is 7.30. The zero-order valence-electron chi connectivity index (χ0n) is 15.3. The van der Waals surface area contributed by atoms with Gasteiger partial charge >= 0.3 is 0 Å². The topological polar surface area (TPSA) is 67.2 Å². The molecular weight excluding hydrogens is 382 g/mol. The van der Waals surface area contributed by atoms with Gasteiger partial charge in [0.2, 0.25) is 6.79 Å². The summed E-state index contributed by atoms with van der Waals surface area (Å²) in [6.07, 6.45) is 1.70. The second-order valence-corrected chi connectivity index (χ2v) is 7.34. The largest absolute Gasteiger partial charge is 0.454 e. The van der Waals surface area contributed by atoms with Crippen LogP contribution < -0.4 is 14.8 Å². The van der Waals surface area contributed by atoms with Crippen molar-refractivity contribution in [1.29, 1.82) is 5.26 Å². The normalized spacial score (nSPS) is 12.7. The Labute approximate surface area is 171 Å². The number of nitrogens with one attached hydrogen (secondary N) is 1. The minimum atomic E-state index is 0.239. The molecule has 4 aromatic rings. The maximum Gasteiger partial charge on any atom is 0.231 e. The predicted octanol–water partition coefficient (Wildman–Crippen LogP) is 5.67. The van der Waals surface area contributed by atoms with Gasteiger partial charge in [0.15, 0.2) is 11.5 Å². The van der Waals surface area contributed by atoms with Gasteiger partial charge in [0, 0.05) is 22.8 Å². The summed E-state index contributed by atoms with van der Waals surface area (Å²) < 4.78 is 10.8. The third kappa shape index (κ3) is 3.40. The van der Waals surface area contributed by atoms with E-state index in [1.807, 2.05) is 41.8 Å². The fraction of sp³-hybridized carbons (Fsp3) is 0.0435. The summed E-state index contributed by atoms with van der Waals surface area (Å²) in [6.45, 7) is 0.239. The van der Waals surface area contributed by atoms with Crippen molar-refractivity contribution < 1.29 is 9.47 Å². The van der Waals surface area contributed by atoms with Crippen molar-refractivity contribution in [3.8, 4) is 28.8 Å². The van der Waals surface area contributed by atoms with E-state index in [1.54, 1.807) is 6.20 Å². The van der Waals surface area contributed by atoms with Gasteiger partial charge in [-0.3, -0.25) is 0 Å². The number of benzene rings is 3. The molecular formula is C23H15N3O2S. The zero-order chi connectivity index (χ0) is 19.6. The molecule has 0 bridgehead atoms. The molecule has 0 amide bonds. The SMILES string of the molecule is N#CC(=CNc1ccc2ccccc2c1)c1nc(-c2ccc3c(c2)OCO3)cs1. The van der Waals surface area contributed by atoms with E-state index in [4.69, 9.17) is 9.47 Å². The van der Waals surface area contributed by atoms with Crippen LogP contribution in [0.1, 0.15) is 5.01 Å². The molecule has 29 heavy (non-hydrogen) atoms. The highest BCUT2D eigenvalue weighted by molar-refractivity contribution is 7.11. The quantitative estimate of drug-likeness (QED) is 0.450. The number of hydrogen-bond acceptors (Lipinski definition) is 6. The third-order valence-electron chi connectivity index (χ3n) is 4.66. The number of allylic oxidation sites excluding steroid dienone is 1. The Morgan fingerprint density at radius 1 is 1.03 bits per heavy atom. The number of nitriles is 1. The first-order valence-electron chi connectivity index (χ1n) is 9.02. The molecule has 0 spiro atoms. The van der Waals surface area contributed by atoms with E-state index in [0.717, 1.165) is 28.1 Å². The summed E-state index contributed by atoms with van der Waals surface area (Å²) in [5, 5.41) is 17.7. The van der Waals surface area contributed by atoms with Crippen LogP contribution in [0.2, 0.25) is 0 Å². The smallest absolute Gasteiger partial charge is 0.231 e. The van der Waals surface area contributed by atoms with Gasteiger partial charge in [0.05, 0.1) is 5.69 Å². The highest BCUT2D eigenvalue weighted by atomic mass is 32.1. The third-order valence-corrected chi connectivity index (χ3v) is 5.53.